The zero-order valence-electron chi connectivity index (χ0n) is 11.2. The van der Waals surface area contributed by atoms with E-state index in [1.807, 2.05) is 0 Å². The van der Waals surface area contributed by atoms with Gasteiger partial charge in [-0.25, -0.2) is 9.59 Å². The Kier molecular flexibility index (Phi) is 4.76. The van der Waals surface area contributed by atoms with Crippen molar-refractivity contribution < 1.29 is 14.7 Å². The lowest BCUT2D eigenvalue weighted by Gasteiger charge is -2.06. The molecule has 0 unspecified atom stereocenters. The quantitative estimate of drug-likeness (QED) is 0.789. The fourth-order valence-corrected chi connectivity index (χ4v) is 2.14. The van der Waals surface area contributed by atoms with Crippen molar-refractivity contribution in [2.75, 3.05) is 0 Å². The molecule has 1 aromatic carbocycles. The molecule has 1 aliphatic rings. The van der Waals surface area contributed by atoms with Gasteiger partial charge in [0.1, 0.15) is 0 Å². The van der Waals surface area contributed by atoms with Gasteiger partial charge in [-0.3, -0.25) is 0 Å². The molecular weight excluding hydrogens is 256 g/mol. The number of carboxylic acids is 1. The fourth-order valence-electron chi connectivity index (χ4n) is 2.14. The lowest BCUT2D eigenvalue weighted by atomic mass is 10.1. The van der Waals surface area contributed by atoms with Crippen LogP contribution in [0.3, 0.4) is 0 Å². The van der Waals surface area contributed by atoms with Crippen molar-refractivity contribution >= 4 is 12.0 Å². The number of amides is 2. The first-order valence-electron chi connectivity index (χ1n) is 6.69. The maximum Gasteiger partial charge on any atom is 0.335 e. The molecule has 1 saturated carbocycles. The summed E-state index contributed by atoms with van der Waals surface area (Å²) >= 11 is 0. The van der Waals surface area contributed by atoms with Gasteiger partial charge < -0.3 is 15.7 Å². The molecule has 2 rings (SSSR count). The Morgan fingerprint density at radius 3 is 2.40 bits per heavy atom. The van der Waals surface area contributed by atoms with Crippen LogP contribution in [0.15, 0.2) is 36.0 Å². The van der Waals surface area contributed by atoms with E-state index < -0.39 is 5.97 Å². The summed E-state index contributed by atoms with van der Waals surface area (Å²) in [5.74, 6) is -0.953. The van der Waals surface area contributed by atoms with Crippen LogP contribution in [0.4, 0.5) is 4.79 Å². The number of aromatic carboxylic acids is 1. The van der Waals surface area contributed by atoms with Crippen molar-refractivity contribution in [1.82, 2.24) is 10.6 Å². The van der Waals surface area contributed by atoms with E-state index in [1.54, 1.807) is 18.3 Å². The third-order valence-electron chi connectivity index (χ3n) is 3.31. The summed E-state index contributed by atoms with van der Waals surface area (Å²) in [6, 6.07) is 6.19. The number of carbonyl (C=O) groups is 2. The first-order chi connectivity index (χ1) is 9.65. The third kappa shape index (κ3) is 4.12. The van der Waals surface area contributed by atoms with Crippen molar-refractivity contribution in [3.05, 3.63) is 47.2 Å². The second-order valence-corrected chi connectivity index (χ2v) is 4.84. The molecule has 0 radical (unpaired) electrons. The maximum atomic E-state index is 11.6. The highest BCUT2D eigenvalue weighted by atomic mass is 16.4. The summed E-state index contributed by atoms with van der Waals surface area (Å²) in [6.45, 7) is 0.370. The summed E-state index contributed by atoms with van der Waals surface area (Å²) in [5, 5.41) is 14.2. The highest BCUT2D eigenvalue weighted by Gasteiger charge is 2.07. The Labute approximate surface area is 117 Å². The molecule has 0 saturated heterocycles. The molecule has 0 spiro atoms. The molecule has 1 aliphatic carbocycles. The number of carboxylic acid groups (broad SMARTS) is 1. The van der Waals surface area contributed by atoms with Gasteiger partial charge in [0.2, 0.25) is 0 Å². The van der Waals surface area contributed by atoms with Crippen LogP contribution in [0.2, 0.25) is 0 Å². The summed E-state index contributed by atoms with van der Waals surface area (Å²) in [4.78, 5) is 22.3. The van der Waals surface area contributed by atoms with Crippen LogP contribution in [0.1, 0.15) is 41.6 Å². The van der Waals surface area contributed by atoms with Gasteiger partial charge in [0.05, 0.1) is 5.56 Å². The SMILES string of the molecule is O=C(NC=C1CCCC1)NCc1ccc(C(=O)O)cc1. The van der Waals surface area contributed by atoms with Gasteiger partial charge in [-0.05, 0) is 43.4 Å². The van der Waals surface area contributed by atoms with E-state index in [1.165, 1.54) is 30.5 Å². The normalized spacial score (nSPS) is 13.9. The van der Waals surface area contributed by atoms with E-state index >= 15 is 0 Å². The summed E-state index contributed by atoms with van der Waals surface area (Å²) in [5.41, 5.74) is 2.38. The van der Waals surface area contributed by atoms with Gasteiger partial charge in [0.15, 0.2) is 0 Å². The molecule has 20 heavy (non-hydrogen) atoms. The van der Waals surface area contributed by atoms with E-state index in [4.69, 9.17) is 5.11 Å². The van der Waals surface area contributed by atoms with Crippen LogP contribution >= 0.6 is 0 Å². The molecule has 0 bridgehead atoms. The second kappa shape index (κ2) is 6.75. The molecule has 5 nitrogen and oxygen atoms in total. The maximum absolute atomic E-state index is 11.6. The Hall–Kier alpha value is -2.30. The molecule has 0 aliphatic heterocycles. The third-order valence-corrected chi connectivity index (χ3v) is 3.31. The van der Waals surface area contributed by atoms with Gasteiger partial charge in [0.25, 0.3) is 0 Å². The van der Waals surface area contributed by atoms with E-state index in [-0.39, 0.29) is 11.6 Å². The minimum atomic E-state index is -0.953. The molecule has 5 heteroatoms. The van der Waals surface area contributed by atoms with Gasteiger partial charge in [-0.1, -0.05) is 17.7 Å². The summed E-state index contributed by atoms with van der Waals surface area (Å²) < 4.78 is 0. The second-order valence-electron chi connectivity index (χ2n) is 4.84. The average Bonchev–Trinajstić information content (AvgIpc) is 2.96. The number of benzene rings is 1. The minimum Gasteiger partial charge on any atom is -0.478 e. The smallest absolute Gasteiger partial charge is 0.335 e. The fraction of sp³-hybridized carbons (Fsp3) is 0.333. The first-order valence-corrected chi connectivity index (χ1v) is 6.69. The molecule has 0 atom stereocenters. The lowest BCUT2D eigenvalue weighted by molar-refractivity contribution is 0.0697. The molecular formula is C15H18N2O3. The van der Waals surface area contributed by atoms with E-state index in [2.05, 4.69) is 10.6 Å². The van der Waals surface area contributed by atoms with Crippen molar-refractivity contribution in [1.29, 1.82) is 0 Å². The van der Waals surface area contributed by atoms with Gasteiger partial charge in [-0.15, -0.1) is 0 Å². The monoisotopic (exact) mass is 274 g/mol. The van der Waals surface area contributed by atoms with Crippen LogP contribution in [-0.2, 0) is 6.54 Å². The molecule has 1 fully saturated rings. The topological polar surface area (TPSA) is 78.4 Å². The number of allylic oxidation sites excluding steroid dienone is 1. The van der Waals surface area contributed by atoms with Crippen LogP contribution in [-0.4, -0.2) is 17.1 Å². The molecule has 0 heterocycles. The number of hydrogen-bond donors (Lipinski definition) is 3. The number of carbonyl (C=O) groups excluding carboxylic acids is 1. The Bertz CT molecular complexity index is 512. The van der Waals surface area contributed by atoms with Crippen LogP contribution in [0, 0.1) is 0 Å². The zero-order chi connectivity index (χ0) is 14.4. The lowest BCUT2D eigenvalue weighted by Crippen LogP contribution is -2.31. The minimum absolute atomic E-state index is 0.240. The number of urea groups is 1. The number of hydrogen-bond acceptors (Lipinski definition) is 2. The van der Waals surface area contributed by atoms with Crippen LogP contribution in [0.25, 0.3) is 0 Å². The van der Waals surface area contributed by atoms with Crippen LogP contribution < -0.4 is 10.6 Å². The highest BCUT2D eigenvalue weighted by molar-refractivity contribution is 5.87. The Morgan fingerprint density at radius 2 is 1.80 bits per heavy atom. The molecule has 2 amide bonds. The molecule has 3 N–H and O–H groups in total. The van der Waals surface area contributed by atoms with E-state index in [9.17, 15) is 9.59 Å². The van der Waals surface area contributed by atoms with E-state index in [0.717, 1.165) is 18.4 Å². The highest BCUT2D eigenvalue weighted by Crippen LogP contribution is 2.22. The van der Waals surface area contributed by atoms with Crippen molar-refractivity contribution in [2.24, 2.45) is 0 Å². The van der Waals surface area contributed by atoms with Crippen molar-refractivity contribution in [3.8, 4) is 0 Å². The standard InChI is InChI=1S/C15H18N2O3/c18-14(19)13-7-5-12(6-8-13)10-17-15(20)16-9-11-3-1-2-4-11/h5-9H,1-4,10H2,(H,18,19)(H2,16,17,20). The number of nitrogens with one attached hydrogen (secondary N) is 2. The molecule has 106 valence electrons. The van der Waals surface area contributed by atoms with Gasteiger partial charge >= 0.3 is 12.0 Å². The van der Waals surface area contributed by atoms with E-state index in [0.29, 0.717) is 6.54 Å². The Balaban J connectivity index is 1.77. The predicted molar refractivity (Wildman–Crippen MR) is 75.3 cm³/mol. The zero-order valence-corrected chi connectivity index (χ0v) is 11.2. The van der Waals surface area contributed by atoms with Crippen molar-refractivity contribution in [2.45, 2.75) is 32.2 Å². The van der Waals surface area contributed by atoms with Crippen molar-refractivity contribution in [3.63, 3.8) is 0 Å². The Morgan fingerprint density at radius 1 is 1.15 bits per heavy atom. The van der Waals surface area contributed by atoms with Crippen LogP contribution in [0.5, 0.6) is 0 Å². The molecule has 1 aromatic rings. The average molecular weight is 274 g/mol. The predicted octanol–water partition coefficient (Wildman–Crippen LogP) is 2.64. The molecule has 0 aromatic heterocycles. The van der Waals surface area contributed by atoms with Gasteiger partial charge in [0, 0.05) is 12.7 Å². The summed E-state index contributed by atoms with van der Waals surface area (Å²) in [7, 11) is 0. The largest absolute Gasteiger partial charge is 0.478 e. The number of rotatable bonds is 4. The first kappa shape index (κ1) is 14.1. The summed E-state index contributed by atoms with van der Waals surface area (Å²) in [6.07, 6.45) is 6.32. The van der Waals surface area contributed by atoms with Gasteiger partial charge in [-0.2, -0.15) is 0 Å².